The van der Waals surface area contributed by atoms with E-state index in [-0.39, 0.29) is 10.6 Å². The Balaban J connectivity index is 2.23. The molecule has 1 aromatic carbocycles. The lowest BCUT2D eigenvalue weighted by Crippen LogP contribution is -2.04. The predicted molar refractivity (Wildman–Crippen MR) is 93.6 cm³/mol. The van der Waals surface area contributed by atoms with E-state index >= 15 is 0 Å². The van der Waals surface area contributed by atoms with E-state index < -0.39 is 16.1 Å². The van der Waals surface area contributed by atoms with E-state index in [1.807, 2.05) is 0 Å². The van der Waals surface area contributed by atoms with Crippen molar-refractivity contribution in [3.05, 3.63) is 36.4 Å². The van der Waals surface area contributed by atoms with Gasteiger partial charge in [-0.3, -0.25) is 4.55 Å². The molecule has 1 rings (SSSR count). The van der Waals surface area contributed by atoms with Crippen LogP contribution < -0.4 is 4.74 Å². The Morgan fingerprint density at radius 3 is 2.21 bits per heavy atom. The van der Waals surface area contributed by atoms with Crippen molar-refractivity contribution in [2.75, 3.05) is 0 Å². The molecule has 0 unspecified atom stereocenters. The fourth-order valence-electron chi connectivity index (χ4n) is 2.23. The van der Waals surface area contributed by atoms with Gasteiger partial charge in [-0.2, -0.15) is 8.42 Å². The molecule has 0 spiro atoms. The third kappa shape index (κ3) is 8.84. The summed E-state index contributed by atoms with van der Waals surface area (Å²) in [6.45, 7) is 2.20. The first-order valence-corrected chi connectivity index (χ1v) is 9.83. The quantitative estimate of drug-likeness (QED) is 0.207. The number of hydrogen-bond acceptors (Lipinski definition) is 4. The van der Waals surface area contributed by atoms with Gasteiger partial charge in [0, 0.05) is 6.08 Å². The zero-order chi connectivity index (χ0) is 17.8. The molecule has 134 valence electrons. The second-order valence-corrected chi connectivity index (χ2v) is 7.10. The first kappa shape index (κ1) is 20.4. The topological polar surface area (TPSA) is 80.7 Å². The van der Waals surface area contributed by atoms with Gasteiger partial charge in [-0.25, -0.2) is 4.79 Å². The number of benzene rings is 1. The van der Waals surface area contributed by atoms with E-state index in [2.05, 4.69) is 6.92 Å². The third-order valence-corrected chi connectivity index (χ3v) is 4.44. The zero-order valence-electron chi connectivity index (χ0n) is 14.1. The lowest BCUT2D eigenvalue weighted by Gasteiger charge is -2.02. The zero-order valence-corrected chi connectivity index (χ0v) is 14.9. The summed E-state index contributed by atoms with van der Waals surface area (Å²) >= 11 is 0. The van der Waals surface area contributed by atoms with Crippen molar-refractivity contribution in [2.24, 2.45) is 0 Å². The van der Waals surface area contributed by atoms with Crippen LogP contribution in [0.4, 0.5) is 0 Å². The monoisotopic (exact) mass is 354 g/mol. The second-order valence-electron chi connectivity index (χ2n) is 5.68. The molecule has 1 N–H and O–H groups in total. The standard InChI is InChI=1S/C18H26O5S/c1-2-3-4-5-6-7-8-9-10-11-18(19)23-16-12-14-17(15-13-16)24(20,21)22/h10-15H,2-9H2,1H3,(H,20,21,22). The maximum absolute atomic E-state index is 11.6. The highest BCUT2D eigenvalue weighted by Gasteiger charge is 2.09. The Morgan fingerprint density at radius 2 is 1.62 bits per heavy atom. The molecule has 0 bridgehead atoms. The van der Waals surface area contributed by atoms with Gasteiger partial charge in [0.05, 0.1) is 4.90 Å². The summed E-state index contributed by atoms with van der Waals surface area (Å²) in [5, 5.41) is 0. The highest BCUT2D eigenvalue weighted by Crippen LogP contribution is 2.16. The number of hydrogen-bond donors (Lipinski definition) is 1. The van der Waals surface area contributed by atoms with Gasteiger partial charge in [-0.15, -0.1) is 0 Å². The maximum atomic E-state index is 11.6. The van der Waals surface area contributed by atoms with Crippen molar-refractivity contribution in [1.82, 2.24) is 0 Å². The summed E-state index contributed by atoms with van der Waals surface area (Å²) in [6.07, 6.45) is 12.6. The molecule has 0 saturated carbocycles. The summed E-state index contributed by atoms with van der Waals surface area (Å²) in [5.74, 6) is -0.273. The first-order valence-electron chi connectivity index (χ1n) is 8.39. The molecule has 1 aromatic rings. The van der Waals surface area contributed by atoms with Crippen molar-refractivity contribution < 1.29 is 22.5 Å². The molecule has 0 amide bonds. The van der Waals surface area contributed by atoms with Crippen LogP contribution in [-0.4, -0.2) is 18.9 Å². The number of ether oxygens (including phenoxy) is 1. The van der Waals surface area contributed by atoms with E-state index in [1.54, 1.807) is 6.08 Å². The molecule has 0 aromatic heterocycles. The summed E-state index contributed by atoms with van der Waals surface area (Å²) in [5.41, 5.74) is 0. The van der Waals surface area contributed by atoms with Crippen LogP contribution in [0.1, 0.15) is 58.3 Å². The normalized spacial score (nSPS) is 11.8. The molecule has 0 atom stereocenters. The van der Waals surface area contributed by atoms with Gasteiger partial charge in [0.2, 0.25) is 0 Å². The molecule has 5 nitrogen and oxygen atoms in total. The fraction of sp³-hybridized carbons (Fsp3) is 0.500. The minimum atomic E-state index is -4.23. The predicted octanol–water partition coefficient (Wildman–Crippen LogP) is 4.54. The van der Waals surface area contributed by atoms with Crippen molar-refractivity contribution in [3.8, 4) is 5.75 Å². The largest absolute Gasteiger partial charge is 0.423 e. The van der Waals surface area contributed by atoms with Crippen LogP contribution in [0.5, 0.6) is 5.75 Å². The van der Waals surface area contributed by atoms with Crippen LogP contribution in [0.3, 0.4) is 0 Å². The summed E-state index contributed by atoms with van der Waals surface area (Å²) in [7, 11) is -4.23. The number of carbonyl (C=O) groups is 1. The molecule has 0 aliphatic rings. The Hall–Kier alpha value is -1.66. The average molecular weight is 354 g/mol. The molecule has 6 heteroatoms. The highest BCUT2D eigenvalue weighted by molar-refractivity contribution is 7.85. The molecule has 24 heavy (non-hydrogen) atoms. The van der Waals surface area contributed by atoms with Crippen LogP contribution in [-0.2, 0) is 14.9 Å². The lowest BCUT2D eigenvalue weighted by atomic mass is 10.1. The molecular formula is C18H26O5S. The van der Waals surface area contributed by atoms with E-state index in [0.29, 0.717) is 0 Å². The molecule has 0 radical (unpaired) electrons. The average Bonchev–Trinajstić information content (AvgIpc) is 2.53. The summed E-state index contributed by atoms with van der Waals surface area (Å²) in [4.78, 5) is 11.4. The minimum absolute atomic E-state index is 0.230. The summed E-state index contributed by atoms with van der Waals surface area (Å²) in [6, 6.07) is 5.01. The number of allylic oxidation sites excluding steroid dienone is 1. The maximum Gasteiger partial charge on any atom is 0.335 e. The van der Waals surface area contributed by atoms with Gasteiger partial charge in [-0.05, 0) is 37.1 Å². The molecule has 0 saturated heterocycles. The van der Waals surface area contributed by atoms with E-state index in [4.69, 9.17) is 9.29 Å². The van der Waals surface area contributed by atoms with Crippen LogP contribution in [0.25, 0.3) is 0 Å². The van der Waals surface area contributed by atoms with Crippen molar-refractivity contribution in [3.63, 3.8) is 0 Å². The first-order chi connectivity index (χ1) is 11.4. The van der Waals surface area contributed by atoms with E-state index in [1.165, 1.54) is 68.9 Å². The Bertz CT molecular complexity index is 617. The SMILES string of the molecule is CCCCCCCCCC=CC(=O)Oc1ccc(S(=O)(=O)O)cc1. The smallest absolute Gasteiger partial charge is 0.335 e. The highest BCUT2D eigenvalue weighted by atomic mass is 32.2. The molecule has 0 aliphatic carbocycles. The van der Waals surface area contributed by atoms with Crippen LogP contribution in [0.15, 0.2) is 41.3 Å². The molecule has 0 aliphatic heterocycles. The molecule has 0 heterocycles. The van der Waals surface area contributed by atoms with Gasteiger partial charge >= 0.3 is 5.97 Å². The number of esters is 1. The summed E-state index contributed by atoms with van der Waals surface area (Å²) < 4.78 is 35.7. The minimum Gasteiger partial charge on any atom is -0.423 e. The van der Waals surface area contributed by atoms with Crippen molar-refractivity contribution >= 4 is 16.1 Å². The van der Waals surface area contributed by atoms with Gasteiger partial charge < -0.3 is 4.74 Å². The lowest BCUT2D eigenvalue weighted by molar-refractivity contribution is -0.129. The Morgan fingerprint density at radius 1 is 1.04 bits per heavy atom. The number of unbranched alkanes of at least 4 members (excludes halogenated alkanes) is 7. The molecular weight excluding hydrogens is 328 g/mol. The third-order valence-electron chi connectivity index (χ3n) is 3.57. The van der Waals surface area contributed by atoms with Crippen LogP contribution >= 0.6 is 0 Å². The molecule has 0 fully saturated rings. The van der Waals surface area contributed by atoms with Crippen molar-refractivity contribution in [1.29, 1.82) is 0 Å². The fourth-order valence-corrected chi connectivity index (χ4v) is 2.71. The number of carbonyl (C=O) groups excluding carboxylic acids is 1. The van der Waals surface area contributed by atoms with Gasteiger partial charge in [-0.1, -0.05) is 51.5 Å². The van der Waals surface area contributed by atoms with Crippen LogP contribution in [0, 0.1) is 0 Å². The number of rotatable bonds is 11. The van der Waals surface area contributed by atoms with Gasteiger partial charge in [0.25, 0.3) is 10.1 Å². The van der Waals surface area contributed by atoms with Gasteiger partial charge in [0.1, 0.15) is 5.75 Å². The second kappa shape index (κ2) is 11.0. The van der Waals surface area contributed by atoms with E-state index in [0.717, 1.165) is 12.8 Å². The Kier molecular flexibility index (Phi) is 9.34. The van der Waals surface area contributed by atoms with Gasteiger partial charge in [0.15, 0.2) is 0 Å². The van der Waals surface area contributed by atoms with Crippen molar-refractivity contribution in [2.45, 2.75) is 63.2 Å². The van der Waals surface area contributed by atoms with Crippen LogP contribution in [0.2, 0.25) is 0 Å². The Labute approximate surface area is 144 Å². The van der Waals surface area contributed by atoms with E-state index in [9.17, 15) is 13.2 Å².